The van der Waals surface area contributed by atoms with Crippen LogP contribution in [-0.4, -0.2) is 7.05 Å². The molecule has 0 fully saturated rings. The summed E-state index contributed by atoms with van der Waals surface area (Å²) in [6, 6.07) is 12.0. The highest BCUT2D eigenvalue weighted by Gasteiger charge is 2.16. The fourth-order valence-electron chi connectivity index (χ4n) is 2.03. The first-order chi connectivity index (χ1) is 9.02. The van der Waals surface area contributed by atoms with Crippen LogP contribution >= 0.6 is 39.1 Å². The van der Waals surface area contributed by atoms with Gasteiger partial charge in [0.25, 0.3) is 0 Å². The van der Waals surface area contributed by atoms with Gasteiger partial charge < -0.3 is 5.32 Å². The quantitative estimate of drug-likeness (QED) is 0.777. The van der Waals surface area contributed by atoms with Gasteiger partial charge in [-0.05, 0) is 48.9 Å². The summed E-state index contributed by atoms with van der Waals surface area (Å²) >= 11 is 15.9. The molecule has 1 nitrogen and oxygen atoms in total. The van der Waals surface area contributed by atoms with Crippen molar-refractivity contribution < 1.29 is 0 Å². The Bertz CT molecular complexity index is 599. The lowest BCUT2D eigenvalue weighted by molar-refractivity contribution is 0.692. The normalized spacial score (nSPS) is 12.5. The molecule has 2 rings (SSSR count). The average molecular weight is 359 g/mol. The van der Waals surface area contributed by atoms with Crippen LogP contribution in [0, 0.1) is 6.92 Å². The Morgan fingerprint density at radius 2 is 1.79 bits per heavy atom. The molecular weight excluding hydrogens is 345 g/mol. The molecule has 4 heteroatoms. The van der Waals surface area contributed by atoms with Gasteiger partial charge in [0, 0.05) is 14.5 Å². The van der Waals surface area contributed by atoms with E-state index in [1.807, 2.05) is 44.3 Å². The summed E-state index contributed by atoms with van der Waals surface area (Å²) in [5, 5.41) is 4.78. The van der Waals surface area contributed by atoms with E-state index < -0.39 is 0 Å². The molecule has 19 heavy (non-hydrogen) atoms. The largest absolute Gasteiger partial charge is 0.309 e. The summed E-state index contributed by atoms with van der Waals surface area (Å²) in [5.41, 5.74) is 3.21. The predicted molar refractivity (Wildman–Crippen MR) is 86.2 cm³/mol. The van der Waals surface area contributed by atoms with Crippen molar-refractivity contribution >= 4 is 39.1 Å². The van der Waals surface area contributed by atoms with Crippen LogP contribution in [-0.2, 0) is 0 Å². The molecule has 0 saturated heterocycles. The molecule has 1 unspecified atom stereocenters. The second kappa shape index (κ2) is 6.27. The van der Waals surface area contributed by atoms with Crippen LogP contribution in [0.2, 0.25) is 10.0 Å². The van der Waals surface area contributed by atoms with E-state index in [2.05, 4.69) is 27.3 Å². The molecule has 0 aliphatic heterocycles. The highest BCUT2D eigenvalue weighted by molar-refractivity contribution is 9.10. The van der Waals surface area contributed by atoms with Gasteiger partial charge in [-0.1, -0.05) is 57.3 Å². The molecular formula is C15H14BrCl2N. The lowest BCUT2D eigenvalue weighted by Crippen LogP contribution is -2.18. The Morgan fingerprint density at radius 1 is 1.05 bits per heavy atom. The van der Waals surface area contributed by atoms with Crippen LogP contribution < -0.4 is 5.32 Å². The summed E-state index contributed by atoms with van der Waals surface area (Å²) in [5.74, 6) is 0. The van der Waals surface area contributed by atoms with Gasteiger partial charge >= 0.3 is 0 Å². The van der Waals surface area contributed by atoms with Gasteiger partial charge in [0.15, 0.2) is 0 Å². The van der Waals surface area contributed by atoms with Crippen molar-refractivity contribution in [3.05, 3.63) is 67.6 Å². The van der Waals surface area contributed by atoms with Crippen LogP contribution in [0.5, 0.6) is 0 Å². The second-order valence-electron chi connectivity index (χ2n) is 4.40. The Balaban J connectivity index is 2.46. The van der Waals surface area contributed by atoms with E-state index in [1.165, 1.54) is 0 Å². The monoisotopic (exact) mass is 357 g/mol. The minimum atomic E-state index is 0.0266. The molecule has 0 spiro atoms. The minimum absolute atomic E-state index is 0.0266. The van der Waals surface area contributed by atoms with Crippen molar-refractivity contribution in [2.24, 2.45) is 0 Å². The Labute approximate surface area is 132 Å². The zero-order valence-corrected chi connectivity index (χ0v) is 13.8. The predicted octanol–water partition coefficient (Wildman–Crippen LogP) is 5.37. The van der Waals surface area contributed by atoms with Crippen molar-refractivity contribution in [3.8, 4) is 0 Å². The van der Waals surface area contributed by atoms with Gasteiger partial charge in [-0.25, -0.2) is 0 Å². The van der Waals surface area contributed by atoms with Crippen molar-refractivity contribution in [2.45, 2.75) is 13.0 Å². The maximum absolute atomic E-state index is 6.32. The number of benzene rings is 2. The van der Waals surface area contributed by atoms with E-state index in [4.69, 9.17) is 23.2 Å². The highest BCUT2D eigenvalue weighted by atomic mass is 79.9. The summed E-state index contributed by atoms with van der Waals surface area (Å²) in [6.07, 6.45) is 0. The highest BCUT2D eigenvalue weighted by Crippen LogP contribution is 2.32. The zero-order chi connectivity index (χ0) is 14.0. The van der Waals surface area contributed by atoms with Gasteiger partial charge in [0.05, 0.1) is 6.04 Å². The number of halogens is 3. The van der Waals surface area contributed by atoms with Crippen molar-refractivity contribution in [1.82, 2.24) is 5.32 Å². The fourth-order valence-corrected chi connectivity index (χ4v) is 3.00. The zero-order valence-electron chi connectivity index (χ0n) is 10.7. The number of nitrogens with one attached hydrogen (secondary N) is 1. The third-order valence-corrected chi connectivity index (χ3v) is 4.32. The van der Waals surface area contributed by atoms with Crippen molar-refractivity contribution in [3.63, 3.8) is 0 Å². The molecule has 0 aliphatic carbocycles. The van der Waals surface area contributed by atoms with Crippen molar-refractivity contribution in [1.29, 1.82) is 0 Å². The summed E-state index contributed by atoms with van der Waals surface area (Å²) in [7, 11) is 1.91. The molecule has 2 aromatic rings. The Morgan fingerprint density at radius 3 is 2.37 bits per heavy atom. The average Bonchev–Trinajstić information content (AvgIpc) is 2.37. The van der Waals surface area contributed by atoms with Gasteiger partial charge in [0.1, 0.15) is 0 Å². The number of rotatable bonds is 3. The molecule has 0 amide bonds. The van der Waals surface area contributed by atoms with E-state index in [1.54, 1.807) is 0 Å². The van der Waals surface area contributed by atoms with Crippen LogP contribution in [0.3, 0.4) is 0 Å². The van der Waals surface area contributed by atoms with E-state index in [-0.39, 0.29) is 6.04 Å². The maximum atomic E-state index is 6.32. The lowest BCUT2D eigenvalue weighted by Gasteiger charge is -2.19. The van der Waals surface area contributed by atoms with Crippen LogP contribution in [0.4, 0.5) is 0 Å². The van der Waals surface area contributed by atoms with Crippen LogP contribution in [0.25, 0.3) is 0 Å². The molecule has 0 aliphatic rings. The summed E-state index contributed by atoms with van der Waals surface area (Å²) in [6.45, 7) is 1.99. The van der Waals surface area contributed by atoms with Gasteiger partial charge in [-0.15, -0.1) is 0 Å². The van der Waals surface area contributed by atoms with E-state index in [9.17, 15) is 0 Å². The molecule has 0 bridgehead atoms. The SMILES string of the molecule is CNC(c1ccc(C)c(Cl)c1)c1ccc(Br)cc1Cl. The third kappa shape index (κ3) is 3.32. The van der Waals surface area contributed by atoms with Gasteiger partial charge in [-0.3, -0.25) is 0 Å². The molecule has 0 aromatic heterocycles. The van der Waals surface area contributed by atoms with Gasteiger partial charge in [0.2, 0.25) is 0 Å². The molecule has 2 aromatic carbocycles. The first-order valence-electron chi connectivity index (χ1n) is 5.91. The number of hydrogen-bond donors (Lipinski definition) is 1. The standard InChI is InChI=1S/C15H14BrCl2N/c1-9-3-4-10(7-13(9)17)15(19-2)12-6-5-11(16)8-14(12)18/h3-8,15,19H,1-2H3. The summed E-state index contributed by atoms with van der Waals surface area (Å²) in [4.78, 5) is 0. The number of aryl methyl sites for hydroxylation is 1. The first-order valence-corrected chi connectivity index (χ1v) is 7.46. The fraction of sp³-hybridized carbons (Fsp3) is 0.200. The van der Waals surface area contributed by atoms with E-state index >= 15 is 0 Å². The topological polar surface area (TPSA) is 12.0 Å². The molecule has 100 valence electrons. The smallest absolute Gasteiger partial charge is 0.0589 e. The van der Waals surface area contributed by atoms with Crippen LogP contribution in [0.15, 0.2) is 40.9 Å². The molecule has 1 atom stereocenters. The van der Waals surface area contributed by atoms with E-state index in [0.29, 0.717) is 0 Å². The Hall–Kier alpha value is -0.540. The molecule has 1 N–H and O–H groups in total. The second-order valence-corrected chi connectivity index (χ2v) is 6.13. The molecule has 0 radical (unpaired) electrons. The van der Waals surface area contributed by atoms with Crippen molar-refractivity contribution in [2.75, 3.05) is 7.05 Å². The maximum Gasteiger partial charge on any atom is 0.0589 e. The summed E-state index contributed by atoms with van der Waals surface area (Å²) < 4.78 is 0.970. The molecule has 0 heterocycles. The van der Waals surface area contributed by atoms with Crippen LogP contribution in [0.1, 0.15) is 22.7 Å². The minimum Gasteiger partial charge on any atom is -0.309 e. The number of hydrogen-bond acceptors (Lipinski definition) is 1. The first kappa shape index (κ1) is 14.9. The molecule has 0 saturated carbocycles. The lowest BCUT2D eigenvalue weighted by atomic mass is 9.98. The van der Waals surface area contributed by atoms with E-state index in [0.717, 1.165) is 31.2 Å². The third-order valence-electron chi connectivity index (χ3n) is 3.09. The Kier molecular flexibility index (Phi) is 4.91. The van der Waals surface area contributed by atoms with Gasteiger partial charge in [-0.2, -0.15) is 0 Å².